The largest absolute Gasteiger partial charge is 0.335 e. The van der Waals surface area contributed by atoms with Crippen LogP contribution < -0.4 is 10.2 Å². The van der Waals surface area contributed by atoms with Crippen molar-refractivity contribution in [3.8, 4) is 5.69 Å². The molecular formula is C23H17F2N3O3. The number of aromatic nitrogens is 1. The van der Waals surface area contributed by atoms with Gasteiger partial charge in [0.2, 0.25) is 0 Å². The monoisotopic (exact) mass is 421 g/mol. The van der Waals surface area contributed by atoms with E-state index in [2.05, 4.69) is 5.32 Å². The van der Waals surface area contributed by atoms with Crippen molar-refractivity contribution in [1.29, 1.82) is 0 Å². The topological polar surface area (TPSA) is 71.4 Å². The van der Waals surface area contributed by atoms with Crippen molar-refractivity contribution >= 4 is 29.6 Å². The van der Waals surface area contributed by atoms with Gasteiger partial charge >= 0.3 is 6.03 Å². The fraction of sp³-hybridized carbons (Fsp3) is 0.0870. The van der Waals surface area contributed by atoms with Gasteiger partial charge < -0.3 is 4.57 Å². The molecule has 1 aromatic heterocycles. The number of rotatable bonds is 3. The number of benzene rings is 2. The molecule has 6 nitrogen and oxygen atoms in total. The summed E-state index contributed by atoms with van der Waals surface area (Å²) in [5.41, 5.74) is 2.57. The third kappa shape index (κ3) is 3.63. The van der Waals surface area contributed by atoms with Crippen molar-refractivity contribution in [2.75, 3.05) is 4.90 Å². The van der Waals surface area contributed by atoms with Crippen molar-refractivity contribution in [3.63, 3.8) is 0 Å². The van der Waals surface area contributed by atoms with Gasteiger partial charge in [0.15, 0.2) is 0 Å². The van der Waals surface area contributed by atoms with Crippen LogP contribution in [0.3, 0.4) is 0 Å². The number of carbonyl (C=O) groups is 3. The molecule has 0 bridgehead atoms. The predicted octanol–water partition coefficient (Wildman–Crippen LogP) is 4.04. The van der Waals surface area contributed by atoms with Gasteiger partial charge in [-0.1, -0.05) is 6.07 Å². The standard InChI is InChI=1S/C23H17F2N3O3/c1-13-10-15(14(2)27(13)18-8-6-16(24)7-9-18)11-20-21(29)26-23(31)28(22(20)30)19-5-3-4-17(25)12-19/h3-12H,1-2H3,(H,26,29,31)/b20-11+. The number of barbiturate groups is 1. The van der Waals surface area contributed by atoms with Crippen molar-refractivity contribution in [1.82, 2.24) is 9.88 Å². The Labute approximate surface area is 176 Å². The number of halogens is 2. The first kappa shape index (κ1) is 20.2. The summed E-state index contributed by atoms with van der Waals surface area (Å²) < 4.78 is 28.7. The normalized spacial score (nSPS) is 15.5. The number of imide groups is 2. The van der Waals surface area contributed by atoms with Crippen LogP contribution in [0.4, 0.5) is 19.3 Å². The average molecular weight is 421 g/mol. The molecule has 2 heterocycles. The van der Waals surface area contributed by atoms with Gasteiger partial charge in [0.25, 0.3) is 11.8 Å². The molecule has 1 N–H and O–H groups in total. The highest BCUT2D eigenvalue weighted by molar-refractivity contribution is 6.39. The Morgan fingerprint density at radius 3 is 2.26 bits per heavy atom. The smallest absolute Gasteiger partial charge is 0.318 e. The maximum absolute atomic E-state index is 13.6. The second-order valence-electron chi connectivity index (χ2n) is 7.08. The van der Waals surface area contributed by atoms with E-state index < -0.39 is 23.7 Å². The molecule has 0 unspecified atom stereocenters. The van der Waals surface area contributed by atoms with Crippen LogP contribution >= 0.6 is 0 Å². The van der Waals surface area contributed by atoms with Crippen molar-refractivity contribution in [2.45, 2.75) is 13.8 Å². The molecule has 156 valence electrons. The Balaban J connectivity index is 1.76. The number of carbonyl (C=O) groups excluding carboxylic acids is 3. The molecule has 1 aliphatic rings. The molecule has 0 saturated carbocycles. The van der Waals surface area contributed by atoms with Crippen LogP contribution in [-0.2, 0) is 9.59 Å². The lowest BCUT2D eigenvalue weighted by molar-refractivity contribution is -0.122. The Morgan fingerprint density at radius 2 is 1.58 bits per heavy atom. The summed E-state index contributed by atoms with van der Waals surface area (Å²) in [6, 6.07) is 11.7. The molecule has 0 spiro atoms. The van der Waals surface area contributed by atoms with Gasteiger partial charge in [0, 0.05) is 17.1 Å². The van der Waals surface area contributed by atoms with Crippen LogP contribution in [0.5, 0.6) is 0 Å². The van der Waals surface area contributed by atoms with Crippen LogP contribution in [0.1, 0.15) is 17.0 Å². The van der Waals surface area contributed by atoms with Crippen LogP contribution in [-0.4, -0.2) is 22.4 Å². The van der Waals surface area contributed by atoms with Crippen LogP contribution in [0.25, 0.3) is 11.8 Å². The minimum Gasteiger partial charge on any atom is -0.318 e. The molecule has 1 fully saturated rings. The number of nitrogens with one attached hydrogen (secondary N) is 1. The van der Waals surface area contributed by atoms with Crippen molar-refractivity contribution in [2.24, 2.45) is 0 Å². The molecule has 1 saturated heterocycles. The summed E-state index contributed by atoms with van der Waals surface area (Å²) in [7, 11) is 0. The van der Waals surface area contributed by atoms with E-state index in [9.17, 15) is 23.2 Å². The highest BCUT2D eigenvalue weighted by Gasteiger charge is 2.37. The minimum atomic E-state index is -0.950. The zero-order valence-electron chi connectivity index (χ0n) is 16.6. The number of amides is 4. The molecule has 31 heavy (non-hydrogen) atoms. The average Bonchev–Trinajstić information content (AvgIpc) is 2.99. The maximum atomic E-state index is 13.6. The summed E-state index contributed by atoms with van der Waals surface area (Å²) >= 11 is 0. The fourth-order valence-electron chi connectivity index (χ4n) is 3.58. The molecule has 8 heteroatoms. The van der Waals surface area contributed by atoms with Gasteiger partial charge in [-0.3, -0.25) is 14.9 Å². The Kier molecular flexibility index (Phi) is 4.98. The van der Waals surface area contributed by atoms with E-state index in [-0.39, 0.29) is 17.1 Å². The second kappa shape index (κ2) is 7.64. The summed E-state index contributed by atoms with van der Waals surface area (Å²) in [5, 5.41) is 2.11. The number of aryl methyl sites for hydroxylation is 1. The number of hydrogen-bond acceptors (Lipinski definition) is 3. The molecule has 3 aromatic rings. The zero-order chi connectivity index (χ0) is 22.3. The highest BCUT2D eigenvalue weighted by atomic mass is 19.1. The molecule has 0 atom stereocenters. The van der Waals surface area contributed by atoms with Gasteiger partial charge in [0.1, 0.15) is 17.2 Å². The molecule has 0 aliphatic carbocycles. The Bertz CT molecular complexity index is 1260. The minimum absolute atomic E-state index is 0.0117. The van der Waals surface area contributed by atoms with Crippen molar-refractivity contribution < 1.29 is 23.2 Å². The molecule has 1 aliphatic heterocycles. The van der Waals surface area contributed by atoms with E-state index >= 15 is 0 Å². The summed E-state index contributed by atoms with van der Waals surface area (Å²) in [6.45, 7) is 3.63. The third-order valence-corrected chi connectivity index (χ3v) is 5.02. The van der Waals surface area contributed by atoms with Gasteiger partial charge in [-0.25, -0.2) is 18.5 Å². The van der Waals surface area contributed by atoms with Gasteiger partial charge in [0.05, 0.1) is 5.69 Å². The van der Waals surface area contributed by atoms with E-state index in [1.165, 1.54) is 36.4 Å². The van der Waals surface area contributed by atoms with Gasteiger partial charge in [-0.2, -0.15) is 0 Å². The lowest BCUT2D eigenvalue weighted by atomic mass is 10.1. The van der Waals surface area contributed by atoms with E-state index in [0.717, 1.165) is 22.3 Å². The quantitative estimate of drug-likeness (QED) is 0.513. The molecule has 2 aromatic carbocycles. The lowest BCUT2D eigenvalue weighted by Gasteiger charge is -2.26. The number of nitrogens with zero attached hydrogens (tertiary/aromatic N) is 2. The Morgan fingerprint density at radius 1 is 0.871 bits per heavy atom. The van der Waals surface area contributed by atoms with Crippen LogP contribution in [0.15, 0.2) is 60.2 Å². The number of hydrogen-bond donors (Lipinski definition) is 1. The summed E-state index contributed by atoms with van der Waals surface area (Å²) in [4.78, 5) is 38.4. The van der Waals surface area contributed by atoms with Crippen LogP contribution in [0, 0.1) is 25.5 Å². The molecule has 4 amide bonds. The zero-order valence-corrected chi connectivity index (χ0v) is 16.6. The van der Waals surface area contributed by atoms with Gasteiger partial charge in [-0.05, 0) is 74.0 Å². The summed E-state index contributed by atoms with van der Waals surface area (Å²) in [6.07, 6.45) is 1.39. The first-order valence-corrected chi connectivity index (χ1v) is 9.38. The SMILES string of the molecule is Cc1cc(/C=C2\C(=O)NC(=O)N(c3cccc(F)c3)C2=O)c(C)n1-c1ccc(F)cc1. The first-order valence-electron chi connectivity index (χ1n) is 9.38. The molecule has 4 rings (SSSR count). The second-order valence-corrected chi connectivity index (χ2v) is 7.08. The highest BCUT2D eigenvalue weighted by Crippen LogP contribution is 2.26. The molecular weight excluding hydrogens is 404 g/mol. The van der Waals surface area contributed by atoms with E-state index in [1.807, 2.05) is 11.5 Å². The predicted molar refractivity (Wildman–Crippen MR) is 111 cm³/mol. The van der Waals surface area contributed by atoms with Gasteiger partial charge in [-0.15, -0.1) is 0 Å². The van der Waals surface area contributed by atoms with E-state index in [1.54, 1.807) is 25.1 Å². The van der Waals surface area contributed by atoms with Crippen LogP contribution in [0.2, 0.25) is 0 Å². The van der Waals surface area contributed by atoms with E-state index in [0.29, 0.717) is 11.3 Å². The maximum Gasteiger partial charge on any atom is 0.335 e. The third-order valence-electron chi connectivity index (χ3n) is 5.02. The number of urea groups is 1. The number of anilines is 1. The first-order chi connectivity index (χ1) is 14.8. The Hall–Kier alpha value is -4.07. The fourth-order valence-corrected chi connectivity index (χ4v) is 3.58. The summed E-state index contributed by atoms with van der Waals surface area (Å²) in [5.74, 6) is -2.68. The lowest BCUT2D eigenvalue weighted by Crippen LogP contribution is -2.54. The van der Waals surface area contributed by atoms with Crippen molar-refractivity contribution in [3.05, 3.63) is 88.8 Å². The van der Waals surface area contributed by atoms with E-state index in [4.69, 9.17) is 0 Å². The molecule has 0 radical (unpaired) electrons.